The number of amides is 1. The summed E-state index contributed by atoms with van der Waals surface area (Å²) >= 11 is 0. The molecule has 1 aromatic heterocycles. The summed E-state index contributed by atoms with van der Waals surface area (Å²) in [5, 5.41) is 3.52. The van der Waals surface area contributed by atoms with E-state index in [9.17, 15) is 9.59 Å². The molecule has 0 fully saturated rings. The van der Waals surface area contributed by atoms with E-state index < -0.39 is 5.60 Å². The van der Waals surface area contributed by atoms with E-state index in [1.54, 1.807) is 26.2 Å². The topological polar surface area (TPSA) is 77.8 Å². The Morgan fingerprint density at radius 2 is 2.03 bits per heavy atom. The van der Waals surface area contributed by atoms with Gasteiger partial charge in [0.1, 0.15) is 22.7 Å². The summed E-state index contributed by atoms with van der Waals surface area (Å²) in [7, 11) is 1.60. The third kappa shape index (κ3) is 3.46. The van der Waals surface area contributed by atoms with E-state index in [0.717, 1.165) is 11.3 Å². The van der Waals surface area contributed by atoms with Crippen LogP contribution in [0.1, 0.15) is 52.3 Å². The standard InChI is InChI=1S/C23H23NO5/c1-13-19-17(8-9-18-20(19)16(25)11-23(2,3)29-18)28-21(13)22(26)24-12-14-6-5-7-15(10-14)27-4/h5-10H,11-12H2,1-4H3,(H,24,26). The molecular formula is C23H23NO5. The number of aryl methyl sites for hydroxylation is 1. The van der Waals surface area contributed by atoms with Crippen molar-refractivity contribution in [2.24, 2.45) is 0 Å². The number of Topliss-reactive ketones (excluding diaryl/α,β-unsaturated/α-hetero) is 1. The minimum Gasteiger partial charge on any atom is -0.497 e. The zero-order chi connectivity index (χ0) is 20.8. The molecular weight excluding hydrogens is 370 g/mol. The summed E-state index contributed by atoms with van der Waals surface area (Å²) < 4.78 is 17.0. The first-order valence-electron chi connectivity index (χ1n) is 9.48. The average Bonchev–Trinajstić information content (AvgIpc) is 3.02. The highest BCUT2D eigenvalue weighted by molar-refractivity contribution is 6.13. The van der Waals surface area contributed by atoms with Crippen LogP contribution in [0.2, 0.25) is 0 Å². The van der Waals surface area contributed by atoms with Crippen LogP contribution < -0.4 is 14.8 Å². The largest absolute Gasteiger partial charge is 0.497 e. The van der Waals surface area contributed by atoms with Crippen molar-refractivity contribution < 1.29 is 23.5 Å². The lowest BCUT2D eigenvalue weighted by molar-refractivity contribution is 0.0623. The molecule has 1 aliphatic heterocycles. The SMILES string of the molecule is COc1cccc(CNC(=O)c2oc3ccc4c(c3c2C)C(=O)CC(C)(C)O4)c1. The molecule has 6 heteroatoms. The molecule has 150 valence electrons. The fraction of sp³-hybridized carbons (Fsp3) is 0.304. The molecule has 2 heterocycles. The van der Waals surface area contributed by atoms with Crippen molar-refractivity contribution in [1.29, 1.82) is 0 Å². The molecule has 2 aromatic carbocycles. The molecule has 6 nitrogen and oxygen atoms in total. The third-order valence-electron chi connectivity index (χ3n) is 5.10. The lowest BCUT2D eigenvalue weighted by atomic mass is 9.90. The summed E-state index contributed by atoms with van der Waals surface area (Å²) in [4.78, 5) is 25.5. The zero-order valence-electron chi connectivity index (χ0n) is 16.9. The predicted octanol–water partition coefficient (Wildman–Crippen LogP) is 4.42. The second-order valence-electron chi connectivity index (χ2n) is 7.86. The van der Waals surface area contributed by atoms with E-state index in [0.29, 0.717) is 34.4 Å². The number of rotatable bonds is 4. The molecule has 0 spiro atoms. The molecule has 0 atom stereocenters. The van der Waals surface area contributed by atoms with Gasteiger partial charge in [0, 0.05) is 17.5 Å². The van der Waals surface area contributed by atoms with Gasteiger partial charge < -0.3 is 19.2 Å². The van der Waals surface area contributed by atoms with Gasteiger partial charge in [-0.15, -0.1) is 0 Å². The van der Waals surface area contributed by atoms with Crippen molar-refractivity contribution in [3.05, 3.63) is 58.8 Å². The predicted molar refractivity (Wildman–Crippen MR) is 109 cm³/mol. The van der Waals surface area contributed by atoms with E-state index >= 15 is 0 Å². The van der Waals surface area contributed by atoms with Gasteiger partial charge in [-0.2, -0.15) is 0 Å². The van der Waals surface area contributed by atoms with Crippen molar-refractivity contribution in [3.8, 4) is 11.5 Å². The number of carbonyl (C=O) groups excluding carboxylic acids is 2. The van der Waals surface area contributed by atoms with Crippen molar-refractivity contribution in [2.45, 2.75) is 39.3 Å². The number of hydrogen-bond acceptors (Lipinski definition) is 5. The van der Waals surface area contributed by atoms with Gasteiger partial charge in [-0.3, -0.25) is 9.59 Å². The van der Waals surface area contributed by atoms with Crippen molar-refractivity contribution >= 4 is 22.7 Å². The summed E-state index contributed by atoms with van der Waals surface area (Å²) in [5.74, 6) is 1.12. The fourth-order valence-electron chi connectivity index (χ4n) is 3.75. The van der Waals surface area contributed by atoms with Crippen molar-refractivity contribution in [1.82, 2.24) is 5.32 Å². The van der Waals surface area contributed by atoms with Crippen molar-refractivity contribution in [2.75, 3.05) is 7.11 Å². The van der Waals surface area contributed by atoms with Crippen LogP contribution in [0.15, 0.2) is 40.8 Å². The van der Waals surface area contributed by atoms with Crippen LogP contribution in [0.5, 0.6) is 11.5 Å². The van der Waals surface area contributed by atoms with Crippen LogP contribution in [0.4, 0.5) is 0 Å². The van der Waals surface area contributed by atoms with E-state index in [2.05, 4.69) is 5.32 Å². The Bertz CT molecular complexity index is 1130. The Morgan fingerprint density at radius 3 is 2.79 bits per heavy atom. The van der Waals surface area contributed by atoms with E-state index in [4.69, 9.17) is 13.9 Å². The Labute approximate surface area is 168 Å². The zero-order valence-corrected chi connectivity index (χ0v) is 16.9. The van der Waals surface area contributed by atoms with E-state index in [-0.39, 0.29) is 23.9 Å². The van der Waals surface area contributed by atoms with E-state index in [1.165, 1.54) is 0 Å². The Balaban J connectivity index is 1.65. The molecule has 1 amide bonds. The maximum atomic E-state index is 12.8. The van der Waals surface area contributed by atoms with Gasteiger partial charge >= 0.3 is 0 Å². The molecule has 0 unspecified atom stereocenters. The van der Waals surface area contributed by atoms with Crippen LogP contribution in [0, 0.1) is 6.92 Å². The Morgan fingerprint density at radius 1 is 1.24 bits per heavy atom. The van der Waals surface area contributed by atoms with Crippen LogP contribution in [0.25, 0.3) is 11.0 Å². The van der Waals surface area contributed by atoms with Crippen LogP contribution in [0.3, 0.4) is 0 Å². The van der Waals surface area contributed by atoms with Gasteiger partial charge in [-0.1, -0.05) is 12.1 Å². The second kappa shape index (κ2) is 6.95. The molecule has 4 rings (SSSR count). The molecule has 0 saturated carbocycles. The molecule has 29 heavy (non-hydrogen) atoms. The molecule has 0 aliphatic carbocycles. The quantitative estimate of drug-likeness (QED) is 0.710. The monoisotopic (exact) mass is 393 g/mol. The maximum Gasteiger partial charge on any atom is 0.287 e. The van der Waals surface area contributed by atoms with Crippen LogP contribution in [-0.4, -0.2) is 24.4 Å². The second-order valence-corrected chi connectivity index (χ2v) is 7.86. The number of ketones is 1. The lowest BCUT2D eigenvalue weighted by Crippen LogP contribution is -2.35. The number of nitrogens with one attached hydrogen (secondary N) is 1. The molecule has 3 aromatic rings. The summed E-state index contributed by atoms with van der Waals surface area (Å²) in [6.07, 6.45) is 0.279. The number of fused-ring (bicyclic) bond motifs is 3. The van der Waals surface area contributed by atoms with Gasteiger partial charge in [-0.25, -0.2) is 0 Å². The number of hydrogen-bond donors (Lipinski definition) is 1. The summed E-state index contributed by atoms with van der Waals surface area (Å²) in [5.41, 5.74) is 2.00. The molecule has 1 N–H and O–H groups in total. The molecule has 1 aliphatic rings. The van der Waals surface area contributed by atoms with Crippen molar-refractivity contribution in [3.63, 3.8) is 0 Å². The van der Waals surface area contributed by atoms with E-state index in [1.807, 2.05) is 38.1 Å². The minimum absolute atomic E-state index is 0.00547. The molecule has 0 radical (unpaired) electrons. The van der Waals surface area contributed by atoms with Gasteiger partial charge in [0.05, 0.1) is 19.1 Å². The number of carbonyl (C=O) groups is 2. The fourth-order valence-corrected chi connectivity index (χ4v) is 3.75. The highest BCUT2D eigenvalue weighted by Gasteiger charge is 2.35. The van der Waals surface area contributed by atoms with Gasteiger partial charge in [0.25, 0.3) is 5.91 Å². The smallest absolute Gasteiger partial charge is 0.287 e. The van der Waals surface area contributed by atoms with Gasteiger partial charge in [-0.05, 0) is 50.6 Å². The maximum absolute atomic E-state index is 12.8. The first-order chi connectivity index (χ1) is 13.8. The molecule has 0 bridgehead atoms. The Kier molecular flexibility index (Phi) is 4.57. The number of methoxy groups -OCH3 is 1. The lowest BCUT2D eigenvalue weighted by Gasteiger charge is -2.31. The summed E-state index contributed by atoms with van der Waals surface area (Å²) in [6.45, 7) is 5.90. The normalized spacial score (nSPS) is 15.0. The highest BCUT2D eigenvalue weighted by atomic mass is 16.5. The van der Waals surface area contributed by atoms with Gasteiger partial charge in [0.2, 0.25) is 0 Å². The molecule has 0 saturated heterocycles. The highest BCUT2D eigenvalue weighted by Crippen LogP contribution is 2.40. The minimum atomic E-state index is -0.549. The van der Waals surface area contributed by atoms with Crippen LogP contribution >= 0.6 is 0 Å². The average molecular weight is 393 g/mol. The number of ether oxygens (including phenoxy) is 2. The number of furan rings is 1. The third-order valence-corrected chi connectivity index (χ3v) is 5.10. The first-order valence-corrected chi connectivity index (χ1v) is 9.48. The number of benzene rings is 2. The van der Waals surface area contributed by atoms with Gasteiger partial charge in [0.15, 0.2) is 11.5 Å². The van der Waals surface area contributed by atoms with Crippen LogP contribution in [-0.2, 0) is 6.54 Å². The first kappa shape index (κ1) is 19.1. The summed E-state index contributed by atoms with van der Waals surface area (Å²) in [6, 6.07) is 11.0. The Hall–Kier alpha value is -3.28.